The van der Waals surface area contributed by atoms with Gasteiger partial charge in [0.15, 0.2) is 0 Å². The van der Waals surface area contributed by atoms with E-state index in [-0.39, 0.29) is 11.8 Å². The molecule has 0 unspecified atom stereocenters. The van der Waals surface area contributed by atoms with Crippen LogP contribution in [0.1, 0.15) is 57.3 Å². The molecule has 1 aromatic carbocycles. The largest absolute Gasteiger partial charge is 0.273 e. The van der Waals surface area contributed by atoms with Gasteiger partial charge >= 0.3 is 0 Å². The SMILES string of the molecule is CCCCC(=O)NN(C(=O)c1ccc(Cl)cc1)C(C)(C)C. The van der Waals surface area contributed by atoms with Crippen molar-refractivity contribution in [3.05, 3.63) is 34.9 Å². The molecular weight excluding hydrogens is 288 g/mol. The number of nitrogens with zero attached hydrogens (tertiary/aromatic N) is 1. The molecule has 0 aliphatic carbocycles. The Kier molecular flexibility index (Phi) is 6.21. The lowest BCUT2D eigenvalue weighted by atomic mass is 10.1. The van der Waals surface area contributed by atoms with Gasteiger partial charge in [0.05, 0.1) is 5.54 Å². The normalized spacial score (nSPS) is 11.1. The van der Waals surface area contributed by atoms with Crippen LogP contribution in [0.3, 0.4) is 0 Å². The second kappa shape index (κ2) is 7.46. The van der Waals surface area contributed by atoms with E-state index in [1.54, 1.807) is 24.3 Å². The van der Waals surface area contributed by atoms with Gasteiger partial charge in [-0.2, -0.15) is 0 Å². The highest BCUT2D eigenvalue weighted by Gasteiger charge is 2.29. The third kappa shape index (κ3) is 5.38. The first-order valence-corrected chi connectivity index (χ1v) is 7.53. The highest BCUT2D eigenvalue weighted by atomic mass is 35.5. The number of unbranched alkanes of at least 4 members (excludes halogenated alkanes) is 1. The molecule has 21 heavy (non-hydrogen) atoms. The minimum absolute atomic E-state index is 0.144. The number of carbonyl (C=O) groups excluding carboxylic acids is 2. The van der Waals surface area contributed by atoms with Crippen molar-refractivity contribution in [2.75, 3.05) is 0 Å². The summed E-state index contributed by atoms with van der Waals surface area (Å²) in [5.74, 6) is -0.391. The molecule has 0 fully saturated rings. The molecule has 0 atom stereocenters. The van der Waals surface area contributed by atoms with Crippen LogP contribution >= 0.6 is 11.6 Å². The van der Waals surface area contributed by atoms with E-state index in [9.17, 15) is 9.59 Å². The van der Waals surface area contributed by atoms with E-state index in [1.165, 1.54) is 5.01 Å². The molecule has 0 radical (unpaired) electrons. The fraction of sp³-hybridized carbons (Fsp3) is 0.500. The van der Waals surface area contributed by atoms with Gasteiger partial charge in [-0.3, -0.25) is 15.0 Å². The minimum atomic E-state index is -0.515. The molecule has 0 aromatic heterocycles. The Balaban J connectivity index is 2.90. The maximum Gasteiger partial charge on any atom is 0.272 e. The van der Waals surface area contributed by atoms with Crippen molar-refractivity contribution >= 4 is 23.4 Å². The van der Waals surface area contributed by atoms with E-state index in [1.807, 2.05) is 27.7 Å². The quantitative estimate of drug-likeness (QED) is 0.860. The topological polar surface area (TPSA) is 49.4 Å². The van der Waals surface area contributed by atoms with Crippen molar-refractivity contribution in [1.29, 1.82) is 0 Å². The van der Waals surface area contributed by atoms with E-state index in [0.717, 1.165) is 12.8 Å². The number of nitrogens with one attached hydrogen (secondary N) is 1. The summed E-state index contributed by atoms with van der Waals surface area (Å²) in [7, 11) is 0. The Bertz CT molecular complexity index is 492. The molecule has 0 saturated heterocycles. The lowest BCUT2D eigenvalue weighted by Gasteiger charge is -2.35. The number of amides is 2. The Morgan fingerprint density at radius 2 is 1.76 bits per heavy atom. The molecule has 0 spiro atoms. The maximum absolute atomic E-state index is 12.6. The Labute approximate surface area is 131 Å². The molecule has 5 heteroatoms. The van der Waals surface area contributed by atoms with E-state index < -0.39 is 5.54 Å². The third-order valence-electron chi connectivity index (χ3n) is 2.96. The number of carbonyl (C=O) groups is 2. The number of hydrazine groups is 1. The lowest BCUT2D eigenvalue weighted by molar-refractivity contribution is -0.127. The molecule has 0 saturated carbocycles. The summed E-state index contributed by atoms with van der Waals surface area (Å²) in [5, 5.41) is 1.95. The number of hydrogen-bond acceptors (Lipinski definition) is 2. The first kappa shape index (κ1) is 17.5. The van der Waals surface area contributed by atoms with Crippen molar-refractivity contribution in [3.8, 4) is 0 Å². The molecule has 0 bridgehead atoms. The first-order valence-electron chi connectivity index (χ1n) is 7.15. The van der Waals surface area contributed by atoms with Crippen LogP contribution in [0.25, 0.3) is 0 Å². The fourth-order valence-corrected chi connectivity index (χ4v) is 1.89. The van der Waals surface area contributed by atoms with Crippen LogP contribution < -0.4 is 5.43 Å². The minimum Gasteiger partial charge on any atom is -0.273 e. The first-order chi connectivity index (χ1) is 9.75. The van der Waals surface area contributed by atoms with Crippen molar-refractivity contribution in [3.63, 3.8) is 0 Å². The lowest BCUT2D eigenvalue weighted by Crippen LogP contribution is -2.55. The smallest absolute Gasteiger partial charge is 0.272 e. The van der Waals surface area contributed by atoms with Crippen molar-refractivity contribution in [1.82, 2.24) is 10.4 Å². The van der Waals surface area contributed by atoms with Gasteiger partial charge in [0.1, 0.15) is 0 Å². The molecule has 1 N–H and O–H groups in total. The average molecular weight is 311 g/mol. The Hall–Kier alpha value is -1.55. The monoisotopic (exact) mass is 310 g/mol. The summed E-state index contributed by atoms with van der Waals surface area (Å²) in [5.41, 5.74) is 2.69. The van der Waals surface area contributed by atoms with Crippen LogP contribution in [0.5, 0.6) is 0 Å². The highest BCUT2D eigenvalue weighted by Crippen LogP contribution is 2.17. The van der Waals surface area contributed by atoms with Crippen molar-refractivity contribution < 1.29 is 9.59 Å². The van der Waals surface area contributed by atoms with E-state index in [4.69, 9.17) is 11.6 Å². The predicted octanol–water partition coefficient (Wildman–Crippen LogP) is 3.80. The summed E-state index contributed by atoms with van der Waals surface area (Å²) in [6.45, 7) is 7.65. The second-order valence-electron chi connectivity index (χ2n) is 5.96. The Morgan fingerprint density at radius 3 is 2.24 bits per heavy atom. The molecule has 1 rings (SSSR count). The van der Waals surface area contributed by atoms with Crippen LogP contribution in [0.15, 0.2) is 24.3 Å². The van der Waals surface area contributed by atoms with Crippen molar-refractivity contribution in [2.45, 2.75) is 52.5 Å². The third-order valence-corrected chi connectivity index (χ3v) is 3.21. The van der Waals surface area contributed by atoms with Gasteiger partial charge in [0, 0.05) is 17.0 Å². The van der Waals surface area contributed by atoms with Gasteiger partial charge in [-0.15, -0.1) is 0 Å². The zero-order valence-electron chi connectivity index (χ0n) is 13.1. The zero-order valence-corrected chi connectivity index (χ0v) is 13.8. The molecule has 0 aliphatic rings. The summed E-state index contributed by atoms with van der Waals surface area (Å²) < 4.78 is 0. The van der Waals surface area contributed by atoms with Gasteiger partial charge in [0.25, 0.3) is 5.91 Å². The van der Waals surface area contributed by atoms with E-state index >= 15 is 0 Å². The zero-order chi connectivity index (χ0) is 16.0. The molecule has 0 aliphatic heterocycles. The molecule has 2 amide bonds. The summed E-state index contributed by atoms with van der Waals surface area (Å²) in [6, 6.07) is 6.63. The molecule has 4 nitrogen and oxygen atoms in total. The van der Waals surface area contributed by atoms with Crippen LogP contribution in [-0.2, 0) is 4.79 Å². The number of hydrogen-bond donors (Lipinski definition) is 1. The average Bonchev–Trinajstić information content (AvgIpc) is 2.41. The second-order valence-corrected chi connectivity index (χ2v) is 6.39. The Morgan fingerprint density at radius 1 is 1.19 bits per heavy atom. The van der Waals surface area contributed by atoms with Crippen LogP contribution in [-0.4, -0.2) is 22.4 Å². The number of rotatable bonds is 4. The van der Waals surface area contributed by atoms with Gasteiger partial charge in [-0.1, -0.05) is 24.9 Å². The van der Waals surface area contributed by atoms with Crippen LogP contribution in [0.4, 0.5) is 0 Å². The van der Waals surface area contributed by atoms with Gasteiger partial charge in [0.2, 0.25) is 5.91 Å². The van der Waals surface area contributed by atoms with Crippen molar-refractivity contribution in [2.24, 2.45) is 0 Å². The van der Waals surface area contributed by atoms with Gasteiger partial charge in [-0.05, 0) is 51.5 Å². The molecule has 116 valence electrons. The van der Waals surface area contributed by atoms with Crippen LogP contribution in [0, 0.1) is 0 Å². The maximum atomic E-state index is 12.6. The fourth-order valence-electron chi connectivity index (χ4n) is 1.76. The molecule has 1 aromatic rings. The molecule has 0 heterocycles. The standard InChI is InChI=1S/C16H23ClN2O2/c1-5-6-7-14(20)18-19(16(2,3)4)15(21)12-8-10-13(17)11-9-12/h8-11H,5-7H2,1-4H3,(H,18,20). The number of benzene rings is 1. The van der Waals surface area contributed by atoms with Gasteiger partial charge in [-0.25, -0.2) is 5.01 Å². The summed E-state index contributed by atoms with van der Waals surface area (Å²) in [4.78, 5) is 24.5. The number of halogens is 1. The van der Waals surface area contributed by atoms with Crippen LogP contribution in [0.2, 0.25) is 5.02 Å². The predicted molar refractivity (Wildman–Crippen MR) is 85.0 cm³/mol. The summed E-state index contributed by atoms with van der Waals surface area (Å²) >= 11 is 5.83. The highest BCUT2D eigenvalue weighted by molar-refractivity contribution is 6.30. The van der Waals surface area contributed by atoms with E-state index in [2.05, 4.69) is 5.43 Å². The summed E-state index contributed by atoms with van der Waals surface area (Å²) in [6.07, 6.45) is 2.16. The van der Waals surface area contributed by atoms with Gasteiger partial charge < -0.3 is 0 Å². The molecular formula is C16H23ClN2O2. The van der Waals surface area contributed by atoms with E-state index in [0.29, 0.717) is 17.0 Å².